The van der Waals surface area contributed by atoms with Crippen molar-refractivity contribution in [2.45, 2.75) is 12.3 Å². The van der Waals surface area contributed by atoms with Crippen LogP contribution in [0.1, 0.15) is 29.2 Å². The number of allylic oxidation sites excluding steroid dienone is 5. The van der Waals surface area contributed by atoms with Gasteiger partial charge in [0.05, 0.1) is 5.41 Å². The first kappa shape index (κ1) is 23.2. The Balaban J connectivity index is 2.24. The van der Waals surface area contributed by atoms with Crippen molar-refractivity contribution in [1.82, 2.24) is 0 Å². The van der Waals surface area contributed by atoms with E-state index >= 15 is 0 Å². The van der Waals surface area contributed by atoms with Gasteiger partial charge in [0.25, 0.3) is 0 Å². The Morgan fingerprint density at radius 1 is 0.758 bits per heavy atom. The first-order valence-electron chi connectivity index (χ1n) is 10.2. The normalized spacial score (nSPS) is 20.0. The SMILES string of the molecule is C=C1/C=C\C(Br)=C/C(C)C(c2ccc(O)c(O)c2)(c2ccc(O)c(O)c2)c2cc(Br)ccc21. The second-order valence-corrected chi connectivity index (χ2v) is 9.94. The Hall–Kier alpha value is -2.96. The van der Waals surface area contributed by atoms with E-state index < -0.39 is 5.41 Å². The lowest BCUT2D eigenvalue weighted by Crippen LogP contribution is -2.36. The van der Waals surface area contributed by atoms with E-state index in [1.54, 1.807) is 12.1 Å². The van der Waals surface area contributed by atoms with Crippen LogP contribution in [0.15, 0.2) is 88.4 Å². The lowest BCUT2D eigenvalue weighted by Gasteiger charge is -2.41. The van der Waals surface area contributed by atoms with Crippen molar-refractivity contribution in [1.29, 1.82) is 0 Å². The van der Waals surface area contributed by atoms with Crippen LogP contribution in [0.3, 0.4) is 0 Å². The maximum Gasteiger partial charge on any atom is 0.157 e. The number of hydrogen-bond acceptors (Lipinski definition) is 4. The third kappa shape index (κ3) is 3.98. The van der Waals surface area contributed by atoms with Gasteiger partial charge in [-0.3, -0.25) is 0 Å². The molecule has 4 rings (SSSR count). The topological polar surface area (TPSA) is 80.9 Å². The minimum absolute atomic E-state index is 0.219. The molecule has 0 fully saturated rings. The zero-order valence-electron chi connectivity index (χ0n) is 17.8. The van der Waals surface area contributed by atoms with E-state index in [4.69, 9.17) is 0 Å². The molecule has 0 saturated carbocycles. The van der Waals surface area contributed by atoms with E-state index in [9.17, 15) is 20.4 Å². The number of halogens is 2. The number of phenolic OH excluding ortho intramolecular Hbond substituents is 4. The summed E-state index contributed by atoms with van der Waals surface area (Å²) >= 11 is 7.23. The molecule has 0 saturated heterocycles. The standard InChI is InChI=1S/C27H22Br2O4/c1-15-3-6-19(28)11-16(2)27(17-4-9-23(30)25(32)12-17,18-5-10-24(31)26(33)13-18)22-14-20(29)7-8-21(15)22/h3-14,16,30-33H,1H2,2H3/b6-3-,19-11+. The third-order valence-electron chi connectivity index (χ3n) is 6.15. The Labute approximate surface area is 209 Å². The summed E-state index contributed by atoms with van der Waals surface area (Å²) in [5.74, 6) is -1.17. The molecule has 1 unspecified atom stereocenters. The minimum Gasteiger partial charge on any atom is -0.504 e. The predicted octanol–water partition coefficient (Wildman–Crippen LogP) is 7.10. The van der Waals surface area contributed by atoms with Crippen LogP contribution in [-0.2, 0) is 5.41 Å². The number of rotatable bonds is 2. The molecule has 6 heteroatoms. The van der Waals surface area contributed by atoms with Gasteiger partial charge < -0.3 is 20.4 Å². The van der Waals surface area contributed by atoms with E-state index in [0.717, 1.165) is 25.7 Å². The summed E-state index contributed by atoms with van der Waals surface area (Å²) in [5, 5.41) is 41.0. The van der Waals surface area contributed by atoms with Gasteiger partial charge in [-0.05, 0) is 76.2 Å². The number of fused-ring (bicyclic) bond motifs is 1. The van der Waals surface area contributed by atoms with Crippen LogP contribution in [0, 0.1) is 5.92 Å². The van der Waals surface area contributed by atoms with Crippen molar-refractivity contribution in [2.24, 2.45) is 5.92 Å². The summed E-state index contributed by atoms with van der Waals surface area (Å²) < 4.78 is 1.70. The van der Waals surface area contributed by atoms with Crippen molar-refractivity contribution in [3.63, 3.8) is 0 Å². The van der Waals surface area contributed by atoms with Gasteiger partial charge in [0, 0.05) is 8.96 Å². The van der Waals surface area contributed by atoms with Crippen molar-refractivity contribution >= 4 is 37.4 Å². The smallest absolute Gasteiger partial charge is 0.157 e. The van der Waals surface area contributed by atoms with Crippen molar-refractivity contribution in [2.75, 3.05) is 0 Å². The summed E-state index contributed by atoms with van der Waals surface area (Å²) in [4.78, 5) is 0. The van der Waals surface area contributed by atoms with Crippen LogP contribution in [0.4, 0.5) is 0 Å². The van der Waals surface area contributed by atoms with Gasteiger partial charge in [-0.15, -0.1) is 0 Å². The zero-order valence-corrected chi connectivity index (χ0v) is 20.9. The molecule has 0 spiro atoms. The lowest BCUT2D eigenvalue weighted by atomic mass is 9.61. The summed E-state index contributed by atoms with van der Waals surface area (Å²) in [6.07, 6.45) is 5.91. The molecule has 0 amide bonds. The molecule has 3 aromatic rings. The molecule has 1 atom stereocenters. The van der Waals surface area contributed by atoms with E-state index in [1.165, 1.54) is 24.3 Å². The molecule has 0 radical (unpaired) electrons. The molecule has 0 aromatic heterocycles. The highest BCUT2D eigenvalue weighted by Crippen LogP contribution is 2.52. The molecule has 3 aromatic carbocycles. The summed E-state index contributed by atoms with van der Waals surface area (Å²) in [6.45, 7) is 6.32. The van der Waals surface area contributed by atoms with Gasteiger partial charge >= 0.3 is 0 Å². The minimum atomic E-state index is -0.941. The highest BCUT2D eigenvalue weighted by molar-refractivity contribution is 9.12. The van der Waals surface area contributed by atoms with Crippen LogP contribution in [0.25, 0.3) is 5.57 Å². The van der Waals surface area contributed by atoms with E-state index in [-0.39, 0.29) is 28.9 Å². The Morgan fingerprint density at radius 3 is 1.88 bits per heavy atom. The molecule has 168 valence electrons. The lowest BCUT2D eigenvalue weighted by molar-refractivity contribution is 0.395. The molecular weight excluding hydrogens is 548 g/mol. The highest BCUT2D eigenvalue weighted by Gasteiger charge is 2.43. The third-order valence-corrected chi connectivity index (χ3v) is 7.17. The molecule has 4 N–H and O–H groups in total. The molecule has 0 bridgehead atoms. The molecule has 0 aliphatic heterocycles. The molecule has 1 aliphatic rings. The summed E-state index contributed by atoms with van der Waals surface area (Å²) in [5.41, 5.74) is 3.00. The fourth-order valence-electron chi connectivity index (χ4n) is 4.60. The van der Waals surface area contributed by atoms with Crippen molar-refractivity contribution < 1.29 is 20.4 Å². The van der Waals surface area contributed by atoms with Gasteiger partial charge in [0.2, 0.25) is 0 Å². The average Bonchev–Trinajstić information content (AvgIpc) is 2.80. The predicted molar refractivity (Wildman–Crippen MR) is 138 cm³/mol. The Bertz CT molecular complexity index is 1270. The Kier molecular flexibility index (Phi) is 6.16. The molecule has 1 aliphatic carbocycles. The van der Waals surface area contributed by atoms with Crippen LogP contribution in [0.5, 0.6) is 23.0 Å². The van der Waals surface area contributed by atoms with Crippen molar-refractivity contribution in [3.8, 4) is 23.0 Å². The Morgan fingerprint density at radius 2 is 1.33 bits per heavy atom. The fraction of sp³-hybridized carbons (Fsp3) is 0.111. The fourth-order valence-corrected chi connectivity index (χ4v) is 5.49. The van der Waals surface area contributed by atoms with Gasteiger partial charge in [0.1, 0.15) is 0 Å². The zero-order chi connectivity index (χ0) is 23.9. The maximum absolute atomic E-state index is 10.5. The van der Waals surface area contributed by atoms with Crippen LogP contribution in [0.2, 0.25) is 0 Å². The molecule has 0 heterocycles. The van der Waals surface area contributed by atoms with E-state index in [2.05, 4.69) is 38.4 Å². The first-order valence-corrected chi connectivity index (χ1v) is 11.8. The average molecular weight is 570 g/mol. The van der Waals surface area contributed by atoms with Gasteiger partial charge in [-0.1, -0.05) is 75.7 Å². The number of aromatic hydroxyl groups is 4. The number of benzene rings is 3. The maximum atomic E-state index is 10.5. The van der Waals surface area contributed by atoms with Crippen LogP contribution >= 0.6 is 31.9 Å². The monoisotopic (exact) mass is 568 g/mol. The van der Waals surface area contributed by atoms with Gasteiger partial charge in [-0.25, -0.2) is 0 Å². The van der Waals surface area contributed by atoms with Gasteiger partial charge in [-0.2, -0.15) is 0 Å². The highest BCUT2D eigenvalue weighted by atomic mass is 79.9. The molecule has 4 nitrogen and oxygen atoms in total. The van der Waals surface area contributed by atoms with E-state index in [1.807, 2.05) is 43.4 Å². The second kappa shape index (κ2) is 8.76. The number of phenols is 4. The number of hydrogen-bond donors (Lipinski definition) is 4. The van der Waals surface area contributed by atoms with E-state index in [0.29, 0.717) is 11.1 Å². The van der Waals surface area contributed by atoms with Crippen LogP contribution in [-0.4, -0.2) is 20.4 Å². The molecular formula is C27H22Br2O4. The van der Waals surface area contributed by atoms with Gasteiger partial charge in [0.15, 0.2) is 23.0 Å². The second-order valence-electron chi connectivity index (χ2n) is 8.10. The van der Waals surface area contributed by atoms with Crippen LogP contribution < -0.4 is 0 Å². The summed E-state index contributed by atoms with van der Waals surface area (Å²) in [6, 6.07) is 15.4. The summed E-state index contributed by atoms with van der Waals surface area (Å²) in [7, 11) is 0. The van der Waals surface area contributed by atoms with Crippen molar-refractivity contribution in [3.05, 3.63) is 111 Å². The molecule has 33 heavy (non-hydrogen) atoms. The quantitative estimate of drug-likeness (QED) is 0.248. The first-order chi connectivity index (χ1) is 15.6. The largest absolute Gasteiger partial charge is 0.504 e.